The second-order valence-electron chi connectivity index (χ2n) is 3.80. The van der Waals surface area contributed by atoms with Crippen LogP contribution in [0.2, 0.25) is 0 Å². The first-order valence-electron chi connectivity index (χ1n) is 5.53. The van der Waals surface area contributed by atoms with E-state index < -0.39 is 18.6 Å². The zero-order chi connectivity index (χ0) is 14.3. The van der Waals surface area contributed by atoms with Gasteiger partial charge >= 0.3 is 6.18 Å². The Bertz CT molecular complexity index is 396. The molecule has 0 aliphatic rings. The molecule has 0 saturated heterocycles. The van der Waals surface area contributed by atoms with Gasteiger partial charge in [0.15, 0.2) is 0 Å². The number of hydrogen-bond acceptors (Lipinski definition) is 2. The van der Waals surface area contributed by atoms with Crippen molar-refractivity contribution in [3.05, 3.63) is 29.6 Å². The summed E-state index contributed by atoms with van der Waals surface area (Å²) in [6, 6.07) is 4.26. The van der Waals surface area contributed by atoms with Crippen molar-refractivity contribution in [3.8, 4) is 5.75 Å². The summed E-state index contributed by atoms with van der Waals surface area (Å²) in [6.07, 6.45) is -4.01. The van der Waals surface area contributed by atoms with Crippen molar-refractivity contribution in [1.29, 1.82) is 0 Å². The Labute approximate surface area is 116 Å². The lowest BCUT2D eigenvalue weighted by Gasteiger charge is -2.09. The molecule has 0 unspecified atom stereocenters. The number of alkyl halides is 4. The Hall–Kier alpha value is -0.820. The van der Waals surface area contributed by atoms with Crippen molar-refractivity contribution in [2.24, 2.45) is 0 Å². The van der Waals surface area contributed by atoms with Crippen LogP contribution in [-0.2, 0) is 10.1 Å². The third kappa shape index (κ3) is 7.37. The average Bonchev–Trinajstić information content (AvgIpc) is 2.31. The summed E-state index contributed by atoms with van der Waals surface area (Å²) in [5.41, 5.74) is 0.725. The lowest BCUT2D eigenvalue weighted by Crippen LogP contribution is -2.18. The van der Waals surface area contributed by atoms with Crippen LogP contribution in [0.25, 0.3) is 0 Å². The predicted molar refractivity (Wildman–Crippen MR) is 66.0 cm³/mol. The van der Waals surface area contributed by atoms with E-state index in [1.807, 2.05) is 0 Å². The fourth-order valence-electron chi connectivity index (χ4n) is 1.32. The molecular formula is C12H13BrF4O2. The molecule has 0 amide bonds. The standard InChI is InChI=1S/C12H13BrF4O2/c13-7-9-4-10(14)6-11(5-9)19-3-1-2-18-8-12(15,16)17/h4-6H,1-3,7-8H2. The molecule has 1 aromatic rings. The molecule has 0 saturated carbocycles. The Morgan fingerprint density at radius 3 is 2.47 bits per heavy atom. The van der Waals surface area contributed by atoms with Gasteiger partial charge in [0.2, 0.25) is 0 Å². The number of halogens is 5. The quantitative estimate of drug-likeness (QED) is 0.421. The van der Waals surface area contributed by atoms with Crippen molar-refractivity contribution in [2.45, 2.75) is 17.9 Å². The highest BCUT2D eigenvalue weighted by atomic mass is 79.9. The van der Waals surface area contributed by atoms with Gasteiger partial charge in [0.05, 0.1) is 13.2 Å². The van der Waals surface area contributed by atoms with E-state index in [2.05, 4.69) is 20.7 Å². The van der Waals surface area contributed by atoms with Gasteiger partial charge in [-0.3, -0.25) is 0 Å². The van der Waals surface area contributed by atoms with Gasteiger partial charge in [-0.2, -0.15) is 13.2 Å². The minimum atomic E-state index is -4.31. The Kier molecular flexibility index (Phi) is 6.57. The molecule has 0 radical (unpaired) electrons. The lowest BCUT2D eigenvalue weighted by atomic mass is 10.2. The third-order valence-electron chi connectivity index (χ3n) is 2.05. The number of hydrogen-bond donors (Lipinski definition) is 0. The average molecular weight is 345 g/mol. The van der Waals surface area contributed by atoms with E-state index in [9.17, 15) is 17.6 Å². The molecule has 0 heterocycles. The maximum atomic E-state index is 13.1. The van der Waals surface area contributed by atoms with Gasteiger partial charge in [-0.05, 0) is 17.7 Å². The molecule has 0 spiro atoms. The summed E-state index contributed by atoms with van der Waals surface area (Å²) < 4.78 is 58.0. The fourth-order valence-corrected chi connectivity index (χ4v) is 1.64. The highest BCUT2D eigenvalue weighted by Crippen LogP contribution is 2.18. The van der Waals surface area contributed by atoms with Gasteiger partial charge < -0.3 is 9.47 Å². The van der Waals surface area contributed by atoms with Crippen LogP contribution < -0.4 is 4.74 Å². The first kappa shape index (κ1) is 16.2. The highest BCUT2D eigenvalue weighted by Gasteiger charge is 2.27. The Morgan fingerprint density at radius 2 is 1.84 bits per heavy atom. The molecule has 0 fully saturated rings. The van der Waals surface area contributed by atoms with E-state index in [0.717, 1.165) is 5.56 Å². The number of ether oxygens (including phenoxy) is 2. The molecule has 1 aromatic carbocycles. The zero-order valence-corrected chi connectivity index (χ0v) is 11.6. The van der Waals surface area contributed by atoms with Crippen LogP contribution in [0.3, 0.4) is 0 Å². The van der Waals surface area contributed by atoms with Crippen LogP contribution in [0, 0.1) is 5.82 Å². The molecule has 0 aliphatic carbocycles. The van der Waals surface area contributed by atoms with Crippen LogP contribution in [0.5, 0.6) is 5.75 Å². The summed E-state index contributed by atoms with van der Waals surface area (Å²) >= 11 is 3.20. The number of rotatable bonds is 7. The molecule has 0 N–H and O–H groups in total. The zero-order valence-electron chi connectivity index (χ0n) is 9.97. The first-order chi connectivity index (χ1) is 8.90. The maximum Gasteiger partial charge on any atom is 0.411 e. The van der Waals surface area contributed by atoms with E-state index in [-0.39, 0.29) is 13.2 Å². The van der Waals surface area contributed by atoms with E-state index in [0.29, 0.717) is 17.5 Å². The number of benzene rings is 1. The Morgan fingerprint density at radius 1 is 1.11 bits per heavy atom. The largest absolute Gasteiger partial charge is 0.493 e. The van der Waals surface area contributed by atoms with Crippen molar-refractivity contribution < 1.29 is 27.0 Å². The minimum absolute atomic E-state index is 0.0554. The van der Waals surface area contributed by atoms with Crippen LogP contribution in [0.1, 0.15) is 12.0 Å². The molecule has 0 atom stereocenters. The second kappa shape index (κ2) is 7.69. The van der Waals surface area contributed by atoms with Gasteiger partial charge in [0.1, 0.15) is 18.2 Å². The molecule has 108 valence electrons. The summed E-state index contributed by atoms with van der Waals surface area (Å²) in [5.74, 6) is -0.0643. The van der Waals surface area contributed by atoms with Crippen LogP contribution >= 0.6 is 15.9 Å². The van der Waals surface area contributed by atoms with Gasteiger partial charge in [0.25, 0.3) is 0 Å². The monoisotopic (exact) mass is 344 g/mol. The van der Waals surface area contributed by atoms with Crippen molar-refractivity contribution in [3.63, 3.8) is 0 Å². The predicted octanol–water partition coefficient (Wildman–Crippen LogP) is 4.07. The Balaban J connectivity index is 2.24. The SMILES string of the molecule is Fc1cc(CBr)cc(OCCCOCC(F)(F)F)c1. The van der Waals surface area contributed by atoms with Crippen LogP contribution in [-0.4, -0.2) is 26.0 Å². The molecule has 1 rings (SSSR count). The van der Waals surface area contributed by atoms with Gasteiger partial charge in [-0.15, -0.1) is 0 Å². The molecule has 0 aromatic heterocycles. The van der Waals surface area contributed by atoms with Gasteiger partial charge in [-0.25, -0.2) is 4.39 Å². The summed E-state index contributed by atoms with van der Waals surface area (Å²) in [4.78, 5) is 0. The molecule has 7 heteroatoms. The molecule has 0 bridgehead atoms. The van der Waals surface area contributed by atoms with Crippen molar-refractivity contribution >= 4 is 15.9 Å². The highest BCUT2D eigenvalue weighted by molar-refractivity contribution is 9.08. The molecular weight excluding hydrogens is 332 g/mol. The van der Waals surface area contributed by atoms with E-state index >= 15 is 0 Å². The normalized spacial score (nSPS) is 11.6. The lowest BCUT2D eigenvalue weighted by molar-refractivity contribution is -0.174. The minimum Gasteiger partial charge on any atom is -0.493 e. The van der Waals surface area contributed by atoms with E-state index in [1.165, 1.54) is 12.1 Å². The summed E-state index contributed by atoms with van der Waals surface area (Å²) in [7, 11) is 0. The third-order valence-corrected chi connectivity index (χ3v) is 2.70. The van der Waals surface area contributed by atoms with Crippen molar-refractivity contribution in [1.82, 2.24) is 0 Å². The fraction of sp³-hybridized carbons (Fsp3) is 0.500. The molecule has 0 aliphatic heterocycles. The van der Waals surface area contributed by atoms with Crippen LogP contribution in [0.4, 0.5) is 17.6 Å². The van der Waals surface area contributed by atoms with Gasteiger partial charge in [0, 0.05) is 17.8 Å². The molecule has 19 heavy (non-hydrogen) atoms. The van der Waals surface area contributed by atoms with Crippen molar-refractivity contribution in [2.75, 3.05) is 19.8 Å². The summed E-state index contributed by atoms with van der Waals surface area (Å²) in [6.45, 7) is -1.15. The topological polar surface area (TPSA) is 18.5 Å². The van der Waals surface area contributed by atoms with E-state index in [1.54, 1.807) is 6.07 Å². The summed E-state index contributed by atoms with van der Waals surface area (Å²) in [5, 5.41) is 0.496. The van der Waals surface area contributed by atoms with E-state index in [4.69, 9.17) is 4.74 Å². The first-order valence-corrected chi connectivity index (χ1v) is 6.65. The van der Waals surface area contributed by atoms with Crippen LogP contribution in [0.15, 0.2) is 18.2 Å². The smallest absolute Gasteiger partial charge is 0.411 e. The maximum absolute atomic E-state index is 13.1. The van der Waals surface area contributed by atoms with Gasteiger partial charge in [-0.1, -0.05) is 15.9 Å². The molecule has 2 nitrogen and oxygen atoms in total. The second-order valence-corrected chi connectivity index (χ2v) is 4.36.